The Labute approximate surface area is 261 Å². The van der Waals surface area contributed by atoms with Gasteiger partial charge in [0.05, 0.1) is 25.8 Å². The smallest absolute Gasteiger partial charge is 0.355 e. The minimum Gasteiger partial charge on any atom is -0.395 e. The molecule has 42 heavy (non-hydrogen) atoms. The van der Waals surface area contributed by atoms with Gasteiger partial charge in [0.1, 0.15) is 17.0 Å². The van der Waals surface area contributed by atoms with Crippen molar-refractivity contribution in [3.63, 3.8) is 0 Å². The largest absolute Gasteiger partial charge is 0.395 e. The zero-order chi connectivity index (χ0) is 30.2. The molecule has 2 amide bonds. The summed E-state index contributed by atoms with van der Waals surface area (Å²) in [6.45, 7) is 6.54. The van der Waals surface area contributed by atoms with Crippen LogP contribution in [0.1, 0.15) is 50.8 Å². The lowest BCUT2D eigenvalue weighted by Crippen LogP contribution is -2.62. The van der Waals surface area contributed by atoms with Gasteiger partial charge in [0.15, 0.2) is 11.2 Å². The lowest BCUT2D eigenvalue weighted by Gasteiger charge is -2.38. The van der Waals surface area contributed by atoms with Gasteiger partial charge in [-0.2, -0.15) is 0 Å². The third kappa shape index (κ3) is 5.29. The second-order valence-electron chi connectivity index (χ2n) is 11.5. The van der Waals surface area contributed by atoms with Gasteiger partial charge < -0.3 is 20.4 Å². The van der Waals surface area contributed by atoms with Crippen LogP contribution in [0.2, 0.25) is 10.0 Å². The average molecular weight is 633 g/mol. The van der Waals surface area contributed by atoms with Gasteiger partial charge in [-0.3, -0.25) is 4.79 Å². The standard InChI is InChI=1S/C31H36Cl2N4O4S/c1-19(2)25-26(29(41)37(16-18-39)15-4-5-24(37)28(40)34-14-17-38)42-30-35-31(3,21-8-12-23(33)13-9-21)27(36(25)30)20-6-10-22(32)11-7-20/h6-13,19,24,27,38-39H,4-5,14-18H2,1-3H3/p+1/t24-,27+,31-,37?/m0/s1. The number of aliphatic hydroxyl groups is 2. The van der Waals surface area contributed by atoms with E-state index in [-0.39, 0.29) is 54.6 Å². The Hall–Kier alpha value is -2.40. The Balaban J connectivity index is 1.63. The molecule has 3 aliphatic heterocycles. The van der Waals surface area contributed by atoms with E-state index < -0.39 is 11.6 Å². The van der Waals surface area contributed by atoms with Crippen molar-refractivity contribution in [1.82, 2.24) is 10.2 Å². The lowest BCUT2D eigenvalue weighted by molar-refractivity contribution is -0.855. The summed E-state index contributed by atoms with van der Waals surface area (Å²) in [5.74, 6) is -0.477. The van der Waals surface area contributed by atoms with Crippen LogP contribution in [0.3, 0.4) is 0 Å². The molecule has 11 heteroatoms. The molecule has 2 aromatic carbocycles. The Bertz CT molecular complexity index is 1420. The SMILES string of the molecule is CC(C)C1=C(C(=O)[N+]2(CCO)CCC[C@H]2C(=O)NCCO)SC2=N[C@@](C)(c3ccc(Cl)cc3)[C@@H](c3ccc(Cl)cc3)N21. The number of amidine groups is 1. The van der Waals surface area contributed by atoms with Crippen LogP contribution >= 0.6 is 35.0 Å². The first-order chi connectivity index (χ1) is 20.1. The molecule has 5 rings (SSSR count). The zero-order valence-corrected chi connectivity index (χ0v) is 26.3. The number of nitrogens with one attached hydrogen (secondary N) is 1. The molecule has 0 bridgehead atoms. The predicted molar refractivity (Wildman–Crippen MR) is 167 cm³/mol. The minimum atomic E-state index is -0.687. The summed E-state index contributed by atoms with van der Waals surface area (Å²) in [4.78, 5) is 35.9. The number of carbonyl (C=O) groups excluding carboxylic acids is 2. The second-order valence-corrected chi connectivity index (χ2v) is 13.4. The number of rotatable bonds is 9. The van der Waals surface area contributed by atoms with Crippen LogP contribution in [0.4, 0.5) is 0 Å². The van der Waals surface area contributed by atoms with E-state index in [1.54, 1.807) is 0 Å². The van der Waals surface area contributed by atoms with Crippen LogP contribution < -0.4 is 5.32 Å². The number of hydrogen-bond donors (Lipinski definition) is 3. The molecule has 3 heterocycles. The predicted octanol–water partition coefficient (Wildman–Crippen LogP) is 4.84. The first-order valence-electron chi connectivity index (χ1n) is 14.3. The average Bonchev–Trinajstić information content (AvgIpc) is 3.63. The van der Waals surface area contributed by atoms with E-state index >= 15 is 0 Å². The number of aliphatic hydroxyl groups excluding tert-OH is 2. The molecule has 0 aliphatic carbocycles. The van der Waals surface area contributed by atoms with E-state index in [1.165, 1.54) is 11.8 Å². The number of benzene rings is 2. The number of fused-ring (bicyclic) bond motifs is 1. The quantitative estimate of drug-likeness (QED) is 0.342. The summed E-state index contributed by atoms with van der Waals surface area (Å²) >= 11 is 13.9. The maximum absolute atomic E-state index is 14.7. The van der Waals surface area contributed by atoms with Crippen molar-refractivity contribution in [1.29, 1.82) is 0 Å². The van der Waals surface area contributed by atoms with Crippen molar-refractivity contribution in [2.45, 2.75) is 51.2 Å². The molecule has 1 unspecified atom stereocenters. The van der Waals surface area contributed by atoms with Gasteiger partial charge in [0.2, 0.25) is 0 Å². The molecular formula is C31H37Cl2N4O4S+. The lowest BCUT2D eigenvalue weighted by atomic mass is 9.81. The number of likely N-dealkylation sites (tertiary alicyclic amines) is 1. The highest BCUT2D eigenvalue weighted by atomic mass is 35.5. The molecule has 1 saturated heterocycles. The molecular weight excluding hydrogens is 595 g/mol. The van der Waals surface area contributed by atoms with E-state index in [1.807, 2.05) is 48.5 Å². The van der Waals surface area contributed by atoms with Gasteiger partial charge in [-0.1, -0.05) is 61.3 Å². The van der Waals surface area contributed by atoms with E-state index in [0.717, 1.165) is 22.0 Å². The number of hydrogen-bond acceptors (Lipinski definition) is 7. The van der Waals surface area contributed by atoms with Crippen LogP contribution in [0.15, 0.2) is 64.1 Å². The highest BCUT2D eigenvalue weighted by molar-refractivity contribution is 8.18. The minimum absolute atomic E-state index is 0.0371. The Kier molecular flexibility index (Phi) is 9.09. The normalized spacial score (nSPS) is 27.0. The van der Waals surface area contributed by atoms with Crippen molar-refractivity contribution in [2.24, 2.45) is 10.9 Å². The molecule has 4 atom stereocenters. The molecule has 8 nitrogen and oxygen atoms in total. The number of halogens is 2. The van der Waals surface area contributed by atoms with Gasteiger partial charge in [0, 0.05) is 35.1 Å². The second kappa shape index (κ2) is 12.3. The van der Waals surface area contributed by atoms with Crippen molar-refractivity contribution in [3.8, 4) is 0 Å². The molecule has 2 aromatic rings. The molecule has 3 aliphatic rings. The number of thioether (sulfide) groups is 1. The third-order valence-corrected chi connectivity index (χ3v) is 10.2. The van der Waals surface area contributed by atoms with E-state index in [9.17, 15) is 19.8 Å². The van der Waals surface area contributed by atoms with Crippen LogP contribution in [0, 0.1) is 5.92 Å². The Morgan fingerprint density at radius 1 is 1.10 bits per heavy atom. The van der Waals surface area contributed by atoms with Gasteiger partial charge in [-0.25, -0.2) is 14.3 Å². The monoisotopic (exact) mass is 631 g/mol. The number of quaternary nitrogens is 1. The summed E-state index contributed by atoms with van der Waals surface area (Å²) in [5, 5.41) is 24.1. The zero-order valence-electron chi connectivity index (χ0n) is 24.0. The molecule has 224 valence electrons. The van der Waals surface area contributed by atoms with E-state index in [4.69, 9.17) is 28.2 Å². The molecule has 0 radical (unpaired) electrons. The number of carbonyl (C=O) groups is 2. The highest BCUT2D eigenvalue weighted by Gasteiger charge is 2.58. The Morgan fingerprint density at radius 3 is 2.33 bits per heavy atom. The summed E-state index contributed by atoms with van der Waals surface area (Å²) < 4.78 is -0.145. The topological polar surface area (TPSA) is 102 Å². The van der Waals surface area contributed by atoms with Crippen molar-refractivity contribution < 1.29 is 24.3 Å². The number of aliphatic imine (C=N–C) groups is 1. The van der Waals surface area contributed by atoms with Crippen LogP contribution in [-0.2, 0) is 15.1 Å². The summed E-state index contributed by atoms with van der Waals surface area (Å²) in [7, 11) is 0. The van der Waals surface area contributed by atoms with Gasteiger partial charge >= 0.3 is 5.91 Å². The maximum Gasteiger partial charge on any atom is 0.355 e. The molecule has 0 spiro atoms. The summed E-state index contributed by atoms with van der Waals surface area (Å²) in [6.07, 6.45) is 1.22. The fourth-order valence-corrected chi connectivity index (χ4v) is 8.36. The molecule has 1 fully saturated rings. The highest BCUT2D eigenvalue weighted by Crippen LogP contribution is 2.56. The van der Waals surface area contributed by atoms with Crippen molar-refractivity contribution >= 4 is 51.9 Å². The van der Waals surface area contributed by atoms with Crippen LogP contribution in [0.25, 0.3) is 0 Å². The first-order valence-corrected chi connectivity index (χ1v) is 15.9. The molecule has 0 saturated carbocycles. The van der Waals surface area contributed by atoms with Crippen LogP contribution in [0.5, 0.6) is 0 Å². The Morgan fingerprint density at radius 2 is 1.74 bits per heavy atom. The summed E-state index contributed by atoms with van der Waals surface area (Å²) in [6, 6.07) is 14.6. The molecule has 0 aromatic heterocycles. The fourth-order valence-electron chi connectivity index (χ4n) is 6.68. The fraction of sp³-hybridized carbons (Fsp3) is 0.452. The first kappa shape index (κ1) is 31.0. The van der Waals surface area contributed by atoms with Crippen molar-refractivity contribution in [3.05, 3.63) is 80.3 Å². The van der Waals surface area contributed by atoms with Crippen LogP contribution in [-0.4, -0.2) is 75.5 Å². The van der Waals surface area contributed by atoms with Crippen molar-refractivity contribution in [2.75, 3.05) is 32.8 Å². The number of nitrogens with zero attached hydrogens (tertiary/aromatic N) is 3. The van der Waals surface area contributed by atoms with Gasteiger partial charge in [-0.15, -0.1) is 0 Å². The third-order valence-electron chi connectivity index (χ3n) is 8.61. The number of amides is 2. The summed E-state index contributed by atoms with van der Waals surface area (Å²) in [5.41, 5.74) is 2.17. The van der Waals surface area contributed by atoms with Gasteiger partial charge in [-0.05, 0) is 60.0 Å². The van der Waals surface area contributed by atoms with E-state index in [0.29, 0.717) is 34.3 Å². The number of allylic oxidation sites excluding steroid dienone is 1. The maximum atomic E-state index is 14.7. The van der Waals surface area contributed by atoms with E-state index in [2.05, 4.69) is 31.0 Å². The molecule has 3 N–H and O–H groups in total. The van der Waals surface area contributed by atoms with Gasteiger partial charge in [0.25, 0.3) is 5.91 Å².